The highest BCUT2D eigenvalue weighted by Gasteiger charge is 2.00. The zero-order valence-electron chi connectivity index (χ0n) is 5.50. The third kappa shape index (κ3) is 1.54. The summed E-state index contributed by atoms with van der Waals surface area (Å²) in [4.78, 5) is 14.5. The third-order valence-corrected chi connectivity index (χ3v) is 1.38. The fourth-order valence-electron chi connectivity index (χ4n) is 0.589. The summed E-state index contributed by atoms with van der Waals surface area (Å²) in [6.07, 6.45) is 1.49. The van der Waals surface area contributed by atoms with Crippen LogP contribution in [0.3, 0.4) is 0 Å². The lowest BCUT2D eigenvalue weighted by Gasteiger charge is -1.88. The van der Waals surface area contributed by atoms with Crippen LogP contribution in [0.4, 0.5) is 0 Å². The van der Waals surface area contributed by atoms with Crippen LogP contribution in [-0.4, -0.2) is 10.8 Å². The maximum absolute atomic E-state index is 10.7. The number of hydrogen-bond donors (Lipinski definition) is 0. The maximum atomic E-state index is 10.7. The van der Waals surface area contributed by atoms with Crippen LogP contribution in [0.2, 0.25) is 5.15 Å². The van der Waals surface area contributed by atoms with E-state index in [-0.39, 0.29) is 5.78 Å². The standard InChI is InChI=1S/C7H7ClNO/c1-5(10)6-2-3-7(8)9-4-6/h2-4,8H,1H3/q+1. The number of carbonyl (C=O) groups is 1. The molecule has 2 nitrogen and oxygen atoms in total. The number of pyridine rings is 1. The lowest BCUT2D eigenvalue weighted by molar-refractivity contribution is -0.296. The molecular formula is C7H7ClNO+. The van der Waals surface area contributed by atoms with Crippen LogP contribution < -0.4 is 0 Å². The second kappa shape index (κ2) is 2.80. The summed E-state index contributed by atoms with van der Waals surface area (Å²) in [6, 6.07) is 3.32. The van der Waals surface area contributed by atoms with Crippen molar-refractivity contribution >= 4 is 5.78 Å². The molecule has 1 aromatic heterocycles. The quantitative estimate of drug-likeness (QED) is 0.448. The topological polar surface area (TPSA) is 30.0 Å². The Morgan fingerprint density at radius 3 is 2.70 bits per heavy atom. The van der Waals surface area contributed by atoms with Crippen molar-refractivity contribution < 1.29 is 16.4 Å². The van der Waals surface area contributed by atoms with Crippen molar-refractivity contribution in [1.29, 1.82) is 0 Å². The van der Waals surface area contributed by atoms with Gasteiger partial charge in [0.25, 0.3) is 0 Å². The van der Waals surface area contributed by atoms with E-state index in [0.29, 0.717) is 10.7 Å². The minimum Gasteiger partial charge on any atom is -0.294 e. The number of nitrogens with zero attached hydrogens (tertiary/aromatic N) is 1. The molecule has 1 heterocycles. The minimum atomic E-state index is 0.0162. The number of ketones is 1. The molecule has 0 aromatic carbocycles. The molecule has 0 aliphatic heterocycles. The van der Waals surface area contributed by atoms with Crippen LogP contribution in [0.5, 0.6) is 0 Å². The molecule has 0 spiro atoms. The molecule has 10 heavy (non-hydrogen) atoms. The Morgan fingerprint density at radius 2 is 2.30 bits per heavy atom. The van der Waals surface area contributed by atoms with Gasteiger partial charge in [-0.15, -0.1) is 0 Å². The third-order valence-electron chi connectivity index (χ3n) is 1.14. The molecule has 0 fully saturated rings. The van der Waals surface area contributed by atoms with Crippen molar-refractivity contribution in [3.05, 3.63) is 29.0 Å². The molecule has 0 atom stereocenters. The van der Waals surface area contributed by atoms with Gasteiger partial charge in [-0.05, 0) is 13.0 Å². The first kappa shape index (κ1) is 7.22. The van der Waals surface area contributed by atoms with Crippen molar-refractivity contribution in [1.82, 2.24) is 4.98 Å². The molecule has 0 saturated carbocycles. The Bertz CT molecular complexity index is 242. The summed E-state index contributed by atoms with van der Waals surface area (Å²) in [6.45, 7) is 1.50. The molecular weight excluding hydrogens is 150 g/mol. The smallest absolute Gasteiger partial charge is 0.294 e. The second-order valence-electron chi connectivity index (χ2n) is 1.94. The van der Waals surface area contributed by atoms with Crippen LogP contribution in [0, 0.1) is 11.6 Å². The van der Waals surface area contributed by atoms with Gasteiger partial charge in [0.2, 0.25) is 0 Å². The summed E-state index contributed by atoms with van der Waals surface area (Å²) >= 11 is 4.74. The maximum Gasteiger partial charge on any atom is 0.318 e. The summed E-state index contributed by atoms with van der Waals surface area (Å²) in [5.74, 6) is 0.0162. The predicted molar refractivity (Wildman–Crippen MR) is 34.8 cm³/mol. The fraction of sp³-hybridized carbons (Fsp3) is 0.143. The molecule has 0 saturated heterocycles. The number of carbonyl (C=O) groups excluding carboxylic acids is 1. The van der Waals surface area contributed by atoms with Gasteiger partial charge in [0.1, 0.15) is 0 Å². The monoisotopic (exact) mass is 156 g/mol. The van der Waals surface area contributed by atoms with E-state index in [0.717, 1.165) is 0 Å². The van der Waals surface area contributed by atoms with Crippen LogP contribution in [0.25, 0.3) is 0 Å². The Kier molecular flexibility index (Phi) is 2.02. The number of rotatable bonds is 1. The molecule has 52 valence electrons. The number of aromatic nitrogens is 1. The van der Waals surface area contributed by atoms with Gasteiger partial charge in [0.05, 0.1) is 0 Å². The molecule has 0 N–H and O–H groups in total. The van der Waals surface area contributed by atoms with E-state index in [1.807, 2.05) is 0 Å². The molecule has 0 amide bonds. The Balaban J connectivity index is 3.00. The van der Waals surface area contributed by atoms with Gasteiger partial charge in [-0.2, -0.15) is 0 Å². The molecule has 0 bridgehead atoms. The molecule has 1 aromatic rings. The predicted octanol–water partition coefficient (Wildman–Crippen LogP) is 0.980. The minimum absolute atomic E-state index is 0.0162. The molecule has 0 unspecified atom stereocenters. The van der Waals surface area contributed by atoms with E-state index in [1.54, 1.807) is 12.1 Å². The zero-order chi connectivity index (χ0) is 7.56. The number of halogens is 1. The van der Waals surface area contributed by atoms with Crippen molar-refractivity contribution in [3.63, 3.8) is 0 Å². The van der Waals surface area contributed by atoms with E-state index in [9.17, 15) is 4.79 Å². The molecule has 3 heteroatoms. The Morgan fingerprint density at radius 1 is 1.60 bits per heavy atom. The van der Waals surface area contributed by atoms with Gasteiger partial charge < -0.3 is 0 Å². The Labute approximate surface area is 63.8 Å². The first-order valence-corrected chi connectivity index (χ1v) is 3.25. The summed E-state index contributed by atoms with van der Waals surface area (Å²) < 4.78 is 0. The lowest BCUT2D eigenvalue weighted by Crippen LogP contribution is -1.92. The van der Waals surface area contributed by atoms with E-state index in [2.05, 4.69) is 4.98 Å². The fourth-order valence-corrected chi connectivity index (χ4v) is 0.709. The highest BCUT2D eigenvalue weighted by molar-refractivity contribution is 5.93. The average Bonchev–Trinajstić information content (AvgIpc) is 1.88. The van der Waals surface area contributed by atoms with Gasteiger partial charge in [0, 0.05) is 17.8 Å². The first-order valence-electron chi connectivity index (χ1n) is 2.84. The first-order chi connectivity index (χ1) is 4.70. The summed E-state index contributed by atoms with van der Waals surface area (Å²) in [5, 5.41) is 0.519. The average molecular weight is 157 g/mol. The van der Waals surface area contributed by atoms with Crippen LogP contribution in [0.1, 0.15) is 17.3 Å². The van der Waals surface area contributed by atoms with E-state index < -0.39 is 0 Å². The van der Waals surface area contributed by atoms with Gasteiger partial charge >= 0.3 is 5.15 Å². The summed E-state index contributed by atoms with van der Waals surface area (Å²) in [7, 11) is 0. The van der Waals surface area contributed by atoms with E-state index in [1.165, 1.54) is 13.1 Å². The van der Waals surface area contributed by atoms with Crippen molar-refractivity contribution in [2.75, 3.05) is 0 Å². The normalized spacial score (nSPS) is 9.40. The van der Waals surface area contributed by atoms with Gasteiger partial charge in [-0.3, -0.25) is 4.79 Å². The van der Waals surface area contributed by atoms with Gasteiger partial charge in [0.15, 0.2) is 17.4 Å². The number of hydrogen-bond acceptors (Lipinski definition) is 2. The lowest BCUT2D eigenvalue weighted by atomic mass is 10.2. The molecule has 0 radical (unpaired) electrons. The van der Waals surface area contributed by atoms with Gasteiger partial charge in [-0.25, -0.2) is 4.98 Å². The highest BCUT2D eigenvalue weighted by Crippen LogP contribution is 2.00. The molecule has 0 aliphatic rings. The van der Waals surface area contributed by atoms with Crippen LogP contribution in [0.15, 0.2) is 18.3 Å². The van der Waals surface area contributed by atoms with E-state index >= 15 is 0 Å². The van der Waals surface area contributed by atoms with Crippen molar-refractivity contribution in [2.45, 2.75) is 6.92 Å². The van der Waals surface area contributed by atoms with Gasteiger partial charge in [-0.1, -0.05) is 0 Å². The van der Waals surface area contributed by atoms with Crippen molar-refractivity contribution in [2.24, 2.45) is 0 Å². The van der Waals surface area contributed by atoms with Crippen LogP contribution >= 0.6 is 0 Å². The van der Waals surface area contributed by atoms with Crippen LogP contribution in [-0.2, 0) is 0 Å². The summed E-state index contributed by atoms with van der Waals surface area (Å²) in [5.41, 5.74) is 0.605. The molecule has 0 aliphatic carbocycles. The molecule has 1 rings (SSSR count). The van der Waals surface area contributed by atoms with E-state index in [4.69, 9.17) is 11.6 Å². The second-order valence-corrected chi connectivity index (χ2v) is 2.36. The Hall–Kier alpha value is -0.890. The zero-order valence-corrected chi connectivity index (χ0v) is 6.31. The highest BCUT2D eigenvalue weighted by atomic mass is 35.5. The van der Waals surface area contributed by atoms with Crippen molar-refractivity contribution in [3.8, 4) is 0 Å². The SMILES string of the molecule is CC(=O)c1ccc([ClH+])nc1. The largest absolute Gasteiger partial charge is 0.318 e. The number of Topliss-reactive ketones (excluding diaryl/α,β-unsaturated/α-hetero) is 1.